The van der Waals surface area contributed by atoms with Gasteiger partial charge in [0.2, 0.25) is 0 Å². The Hall–Kier alpha value is -3.26. The van der Waals surface area contributed by atoms with E-state index in [2.05, 4.69) is 43.6 Å². The average molecular weight is 363 g/mol. The summed E-state index contributed by atoms with van der Waals surface area (Å²) in [5.74, 6) is 1.68. The van der Waals surface area contributed by atoms with E-state index in [1.54, 1.807) is 17.5 Å². The first kappa shape index (κ1) is 16.2. The maximum Gasteiger partial charge on any atom is 0.189 e. The van der Waals surface area contributed by atoms with Gasteiger partial charge >= 0.3 is 0 Å². The number of pyridine rings is 1. The van der Waals surface area contributed by atoms with E-state index < -0.39 is 0 Å². The summed E-state index contributed by atoms with van der Waals surface area (Å²) in [6.07, 6.45) is 3.19. The van der Waals surface area contributed by atoms with Crippen LogP contribution in [0.2, 0.25) is 0 Å². The second-order valence-corrected chi connectivity index (χ2v) is 6.97. The molecule has 0 aliphatic heterocycles. The van der Waals surface area contributed by atoms with Gasteiger partial charge in [-0.3, -0.25) is 0 Å². The standard InChI is InChI=1S/C18H17N7S/c1-10-3-4-12-13(7-10)26-18(23-12)25-17-15(19)16(21-9-22-17)24-14-8-11(2)5-6-20-14/h3-9H,19H2,1-2H3,(H2,20,21,22,23,24,25). The number of nitrogens with zero attached hydrogens (tertiary/aromatic N) is 4. The Kier molecular flexibility index (Phi) is 4.10. The minimum Gasteiger partial charge on any atom is -0.393 e. The van der Waals surface area contributed by atoms with Crippen LogP contribution in [0.3, 0.4) is 0 Å². The number of fused-ring (bicyclic) bond motifs is 1. The van der Waals surface area contributed by atoms with E-state index in [0.29, 0.717) is 23.1 Å². The molecule has 0 fully saturated rings. The average Bonchev–Trinajstić information content (AvgIpc) is 3.00. The fourth-order valence-electron chi connectivity index (χ4n) is 2.51. The molecular weight excluding hydrogens is 346 g/mol. The summed E-state index contributed by atoms with van der Waals surface area (Å²) in [6, 6.07) is 10.0. The third-order valence-electron chi connectivity index (χ3n) is 3.82. The number of benzene rings is 1. The number of aromatic nitrogens is 4. The van der Waals surface area contributed by atoms with Gasteiger partial charge < -0.3 is 16.4 Å². The van der Waals surface area contributed by atoms with E-state index in [1.165, 1.54) is 11.9 Å². The van der Waals surface area contributed by atoms with E-state index >= 15 is 0 Å². The maximum atomic E-state index is 6.23. The van der Waals surface area contributed by atoms with Crippen LogP contribution in [0.15, 0.2) is 42.9 Å². The number of anilines is 5. The molecule has 7 nitrogen and oxygen atoms in total. The predicted molar refractivity (Wildman–Crippen MR) is 106 cm³/mol. The maximum absolute atomic E-state index is 6.23. The SMILES string of the molecule is Cc1ccnc(Nc2ncnc(Nc3nc4ccc(C)cc4s3)c2N)c1. The number of nitrogens with one attached hydrogen (secondary N) is 2. The van der Waals surface area contributed by atoms with Crippen molar-refractivity contribution in [3.8, 4) is 0 Å². The molecule has 26 heavy (non-hydrogen) atoms. The van der Waals surface area contributed by atoms with E-state index in [-0.39, 0.29) is 0 Å². The summed E-state index contributed by atoms with van der Waals surface area (Å²) < 4.78 is 1.11. The van der Waals surface area contributed by atoms with Gasteiger partial charge in [0.25, 0.3) is 0 Å². The van der Waals surface area contributed by atoms with Crippen molar-refractivity contribution in [1.29, 1.82) is 0 Å². The zero-order valence-electron chi connectivity index (χ0n) is 14.3. The molecule has 4 N–H and O–H groups in total. The minimum absolute atomic E-state index is 0.409. The molecule has 0 saturated heterocycles. The molecule has 0 aliphatic rings. The van der Waals surface area contributed by atoms with Crippen LogP contribution in [0.25, 0.3) is 10.2 Å². The normalized spacial score (nSPS) is 10.8. The Labute approximate surface area is 154 Å². The van der Waals surface area contributed by atoms with Crippen molar-refractivity contribution in [3.63, 3.8) is 0 Å². The second-order valence-electron chi connectivity index (χ2n) is 5.94. The van der Waals surface area contributed by atoms with Gasteiger partial charge in [0, 0.05) is 6.20 Å². The zero-order valence-corrected chi connectivity index (χ0v) is 15.1. The van der Waals surface area contributed by atoms with E-state index in [1.807, 2.05) is 31.2 Å². The Bertz CT molecular complexity index is 1090. The van der Waals surface area contributed by atoms with Crippen molar-refractivity contribution in [3.05, 3.63) is 54.0 Å². The minimum atomic E-state index is 0.409. The molecule has 0 unspecified atom stereocenters. The highest BCUT2D eigenvalue weighted by Crippen LogP contribution is 2.32. The van der Waals surface area contributed by atoms with Gasteiger partial charge in [0.1, 0.15) is 17.8 Å². The van der Waals surface area contributed by atoms with Crippen molar-refractivity contribution < 1.29 is 0 Å². The Balaban J connectivity index is 1.62. The number of nitrogen functional groups attached to an aromatic ring is 1. The van der Waals surface area contributed by atoms with Crippen molar-refractivity contribution in [2.45, 2.75) is 13.8 Å². The smallest absolute Gasteiger partial charge is 0.189 e. The third-order valence-corrected chi connectivity index (χ3v) is 4.75. The van der Waals surface area contributed by atoms with Gasteiger partial charge in [0.05, 0.1) is 10.2 Å². The predicted octanol–water partition coefficient (Wildman–Crippen LogP) is 4.17. The van der Waals surface area contributed by atoms with Gasteiger partial charge in [-0.05, 0) is 49.2 Å². The van der Waals surface area contributed by atoms with Gasteiger partial charge in [-0.1, -0.05) is 17.4 Å². The number of thiazole rings is 1. The lowest BCUT2D eigenvalue weighted by atomic mass is 10.2. The molecule has 0 radical (unpaired) electrons. The van der Waals surface area contributed by atoms with E-state index in [9.17, 15) is 0 Å². The van der Waals surface area contributed by atoms with Gasteiger partial charge in [-0.25, -0.2) is 19.9 Å². The molecule has 4 rings (SSSR count). The topological polar surface area (TPSA) is 102 Å². The van der Waals surface area contributed by atoms with Crippen LogP contribution in [0, 0.1) is 13.8 Å². The zero-order chi connectivity index (χ0) is 18.1. The van der Waals surface area contributed by atoms with Crippen LogP contribution >= 0.6 is 11.3 Å². The molecule has 0 bridgehead atoms. The summed E-state index contributed by atoms with van der Waals surface area (Å²) in [7, 11) is 0. The van der Waals surface area contributed by atoms with Crippen molar-refractivity contribution >= 4 is 49.8 Å². The highest BCUT2D eigenvalue weighted by Gasteiger charge is 2.11. The first-order valence-electron chi connectivity index (χ1n) is 8.03. The Morgan fingerprint density at radius 2 is 1.69 bits per heavy atom. The number of aryl methyl sites for hydroxylation is 2. The molecule has 0 aliphatic carbocycles. The van der Waals surface area contributed by atoms with Crippen molar-refractivity contribution in [2.24, 2.45) is 0 Å². The van der Waals surface area contributed by atoms with Gasteiger partial charge in [0.15, 0.2) is 16.8 Å². The summed E-state index contributed by atoms with van der Waals surface area (Å²) >= 11 is 1.56. The molecule has 0 atom stereocenters. The number of hydrogen-bond donors (Lipinski definition) is 3. The molecule has 0 amide bonds. The van der Waals surface area contributed by atoms with E-state index in [4.69, 9.17) is 5.73 Å². The number of hydrogen-bond acceptors (Lipinski definition) is 8. The molecule has 4 aromatic rings. The van der Waals surface area contributed by atoms with E-state index in [0.717, 1.165) is 20.9 Å². The lowest BCUT2D eigenvalue weighted by molar-refractivity contribution is 1.16. The number of rotatable bonds is 4. The Morgan fingerprint density at radius 3 is 2.50 bits per heavy atom. The first-order valence-corrected chi connectivity index (χ1v) is 8.84. The fraction of sp³-hybridized carbons (Fsp3) is 0.111. The van der Waals surface area contributed by atoms with Crippen LogP contribution in [0.1, 0.15) is 11.1 Å². The molecule has 3 aromatic heterocycles. The van der Waals surface area contributed by atoms with Gasteiger partial charge in [-0.15, -0.1) is 0 Å². The molecule has 3 heterocycles. The van der Waals surface area contributed by atoms with Crippen LogP contribution in [0.4, 0.5) is 28.3 Å². The highest BCUT2D eigenvalue weighted by molar-refractivity contribution is 7.22. The van der Waals surface area contributed by atoms with Crippen LogP contribution in [0.5, 0.6) is 0 Å². The monoisotopic (exact) mass is 363 g/mol. The fourth-order valence-corrected chi connectivity index (χ4v) is 3.47. The molecule has 0 saturated carbocycles. The largest absolute Gasteiger partial charge is 0.393 e. The number of nitrogens with two attached hydrogens (primary N) is 1. The summed E-state index contributed by atoms with van der Waals surface area (Å²) in [5.41, 5.74) is 9.88. The summed E-state index contributed by atoms with van der Waals surface area (Å²) in [5, 5.41) is 7.05. The Morgan fingerprint density at radius 1 is 0.923 bits per heavy atom. The first-order chi connectivity index (χ1) is 12.6. The summed E-state index contributed by atoms with van der Waals surface area (Å²) in [4.78, 5) is 17.3. The van der Waals surface area contributed by atoms with Crippen molar-refractivity contribution in [2.75, 3.05) is 16.4 Å². The van der Waals surface area contributed by atoms with Crippen LogP contribution in [-0.4, -0.2) is 19.9 Å². The second kappa shape index (κ2) is 6.57. The lowest BCUT2D eigenvalue weighted by Gasteiger charge is -2.11. The molecule has 130 valence electrons. The van der Waals surface area contributed by atoms with Crippen LogP contribution < -0.4 is 16.4 Å². The quantitative estimate of drug-likeness (QED) is 0.500. The van der Waals surface area contributed by atoms with Crippen LogP contribution in [-0.2, 0) is 0 Å². The molecule has 8 heteroatoms. The molecule has 1 aromatic carbocycles. The highest BCUT2D eigenvalue weighted by atomic mass is 32.1. The molecule has 0 spiro atoms. The van der Waals surface area contributed by atoms with Gasteiger partial charge in [-0.2, -0.15) is 0 Å². The third kappa shape index (κ3) is 3.27. The van der Waals surface area contributed by atoms with Crippen molar-refractivity contribution in [1.82, 2.24) is 19.9 Å². The lowest BCUT2D eigenvalue weighted by Crippen LogP contribution is -2.05. The molecular formula is C18H17N7S. The summed E-state index contributed by atoms with van der Waals surface area (Å²) in [6.45, 7) is 4.06.